The molecule has 2 fully saturated rings. The van der Waals surface area contributed by atoms with E-state index < -0.39 is 0 Å². The highest BCUT2D eigenvalue weighted by Gasteiger charge is 2.22. The Balaban J connectivity index is 1.18. The third kappa shape index (κ3) is 5.61. The average molecular weight is 530 g/mol. The summed E-state index contributed by atoms with van der Waals surface area (Å²) in [5, 5.41) is 8.46. The Morgan fingerprint density at radius 2 is 1.49 bits per heavy atom. The SMILES string of the molecule is CN1CCN(c2nc(-c3ccc(NC(=O)Nc4ccc5c(c4)CNC5=O)cc3)nc(N3CCOCC3)n2)CC1. The van der Waals surface area contributed by atoms with Gasteiger partial charge in [0.05, 0.1) is 13.2 Å². The lowest BCUT2D eigenvalue weighted by atomic mass is 10.1. The summed E-state index contributed by atoms with van der Waals surface area (Å²) in [7, 11) is 2.12. The molecule has 0 saturated carbocycles. The molecule has 2 saturated heterocycles. The molecule has 3 N–H and O–H groups in total. The number of urea groups is 1. The molecule has 0 spiro atoms. The van der Waals surface area contributed by atoms with Crippen LogP contribution in [0.15, 0.2) is 42.5 Å². The van der Waals surface area contributed by atoms with Crippen LogP contribution in [0.4, 0.5) is 28.1 Å². The van der Waals surface area contributed by atoms with Gasteiger partial charge >= 0.3 is 6.03 Å². The van der Waals surface area contributed by atoms with Crippen molar-refractivity contribution in [3.05, 3.63) is 53.6 Å². The molecule has 3 aromatic rings. The second-order valence-corrected chi connectivity index (χ2v) is 9.86. The van der Waals surface area contributed by atoms with Gasteiger partial charge in [0.15, 0.2) is 5.82 Å². The summed E-state index contributed by atoms with van der Waals surface area (Å²) in [6.45, 7) is 6.86. The summed E-state index contributed by atoms with van der Waals surface area (Å²) in [5.74, 6) is 1.84. The maximum absolute atomic E-state index is 12.6. The van der Waals surface area contributed by atoms with Gasteiger partial charge in [-0.2, -0.15) is 15.0 Å². The van der Waals surface area contributed by atoms with E-state index in [0.717, 1.165) is 50.4 Å². The van der Waals surface area contributed by atoms with Crippen molar-refractivity contribution in [1.82, 2.24) is 25.2 Å². The van der Waals surface area contributed by atoms with Crippen LogP contribution in [-0.2, 0) is 11.3 Å². The number of hydrogen-bond acceptors (Lipinski definition) is 9. The van der Waals surface area contributed by atoms with Crippen LogP contribution in [0.2, 0.25) is 0 Å². The highest BCUT2D eigenvalue weighted by atomic mass is 16.5. The van der Waals surface area contributed by atoms with E-state index in [2.05, 4.69) is 37.7 Å². The van der Waals surface area contributed by atoms with E-state index in [0.29, 0.717) is 54.4 Å². The van der Waals surface area contributed by atoms with Crippen LogP contribution >= 0.6 is 0 Å². The van der Waals surface area contributed by atoms with Crippen LogP contribution in [0.3, 0.4) is 0 Å². The summed E-state index contributed by atoms with van der Waals surface area (Å²) in [6.07, 6.45) is 0. The number of carbonyl (C=O) groups excluding carboxylic acids is 2. The number of hydrogen-bond donors (Lipinski definition) is 3. The second-order valence-electron chi connectivity index (χ2n) is 9.86. The van der Waals surface area contributed by atoms with E-state index in [4.69, 9.17) is 19.7 Å². The number of benzene rings is 2. The van der Waals surface area contributed by atoms with E-state index in [-0.39, 0.29) is 11.9 Å². The van der Waals surface area contributed by atoms with Crippen molar-refractivity contribution in [2.24, 2.45) is 0 Å². The lowest BCUT2D eigenvalue weighted by molar-refractivity contribution is 0.0965. The van der Waals surface area contributed by atoms with Gasteiger partial charge in [0.25, 0.3) is 5.91 Å². The Hall–Kier alpha value is -4.29. The standard InChI is InChI=1S/C27H31N9O3/c1-34-8-10-35(11-9-34)25-31-23(32-26(33-25)36-12-14-39-15-13-36)18-2-4-20(5-3-18)29-27(38)30-21-6-7-22-19(16-21)17-28-24(22)37/h2-7,16H,8-15,17H2,1H3,(H,28,37)(H2,29,30,38). The molecular formula is C27H31N9O3. The number of amides is 3. The fourth-order valence-electron chi connectivity index (χ4n) is 4.84. The molecule has 0 bridgehead atoms. The Morgan fingerprint density at radius 1 is 0.846 bits per heavy atom. The Kier molecular flexibility index (Phi) is 6.95. The van der Waals surface area contributed by atoms with Crippen molar-refractivity contribution in [2.75, 3.05) is 80.0 Å². The minimum Gasteiger partial charge on any atom is -0.378 e. The summed E-state index contributed by atoms with van der Waals surface area (Å²) in [6, 6.07) is 12.3. The maximum atomic E-state index is 12.6. The normalized spacial score (nSPS) is 17.5. The van der Waals surface area contributed by atoms with Crippen LogP contribution in [0.1, 0.15) is 15.9 Å². The minimum atomic E-state index is -0.368. The molecule has 0 aliphatic carbocycles. The van der Waals surface area contributed by atoms with Gasteiger partial charge in [-0.1, -0.05) is 0 Å². The molecule has 2 aromatic carbocycles. The molecule has 0 radical (unpaired) electrons. The van der Waals surface area contributed by atoms with Crippen molar-refractivity contribution in [3.8, 4) is 11.4 Å². The van der Waals surface area contributed by atoms with Crippen molar-refractivity contribution < 1.29 is 14.3 Å². The number of nitrogens with zero attached hydrogens (tertiary/aromatic N) is 6. The third-order valence-corrected chi connectivity index (χ3v) is 7.14. The number of fused-ring (bicyclic) bond motifs is 1. The number of aromatic nitrogens is 3. The highest BCUT2D eigenvalue weighted by molar-refractivity contribution is 6.02. The van der Waals surface area contributed by atoms with Gasteiger partial charge in [0, 0.05) is 68.3 Å². The van der Waals surface area contributed by atoms with E-state index in [1.165, 1.54) is 0 Å². The van der Waals surface area contributed by atoms with Gasteiger partial charge in [0.2, 0.25) is 11.9 Å². The average Bonchev–Trinajstić information content (AvgIpc) is 3.33. The summed E-state index contributed by atoms with van der Waals surface area (Å²) < 4.78 is 5.52. The molecule has 0 unspecified atom stereocenters. The van der Waals surface area contributed by atoms with Crippen LogP contribution in [-0.4, -0.2) is 91.3 Å². The number of anilines is 4. The van der Waals surface area contributed by atoms with Crippen molar-refractivity contribution in [1.29, 1.82) is 0 Å². The first-order chi connectivity index (χ1) is 19.0. The molecule has 12 nitrogen and oxygen atoms in total. The van der Waals surface area contributed by atoms with Gasteiger partial charge in [-0.25, -0.2) is 4.79 Å². The predicted molar refractivity (Wildman–Crippen MR) is 148 cm³/mol. The molecule has 1 aromatic heterocycles. The predicted octanol–water partition coefficient (Wildman–Crippen LogP) is 2.01. The molecule has 6 rings (SSSR count). The molecule has 39 heavy (non-hydrogen) atoms. The van der Waals surface area contributed by atoms with Crippen molar-refractivity contribution >= 4 is 35.2 Å². The zero-order chi connectivity index (χ0) is 26.8. The molecular weight excluding hydrogens is 498 g/mol. The van der Waals surface area contributed by atoms with Crippen LogP contribution in [0, 0.1) is 0 Å². The van der Waals surface area contributed by atoms with Gasteiger partial charge in [0.1, 0.15) is 0 Å². The zero-order valence-corrected chi connectivity index (χ0v) is 21.8. The van der Waals surface area contributed by atoms with Crippen LogP contribution in [0.25, 0.3) is 11.4 Å². The first-order valence-electron chi connectivity index (χ1n) is 13.1. The molecule has 3 amide bonds. The number of carbonyl (C=O) groups is 2. The third-order valence-electron chi connectivity index (χ3n) is 7.14. The zero-order valence-electron chi connectivity index (χ0n) is 21.8. The number of likely N-dealkylation sites (N-methyl/N-ethyl adjacent to an activating group) is 1. The van der Waals surface area contributed by atoms with Crippen LogP contribution < -0.4 is 25.8 Å². The molecule has 202 valence electrons. The fourth-order valence-corrected chi connectivity index (χ4v) is 4.84. The van der Waals surface area contributed by atoms with Gasteiger partial charge in [-0.3, -0.25) is 4.79 Å². The van der Waals surface area contributed by atoms with Gasteiger partial charge in [-0.05, 0) is 55.1 Å². The van der Waals surface area contributed by atoms with E-state index in [1.54, 1.807) is 18.2 Å². The molecule has 12 heteroatoms. The van der Waals surface area contributed by atoms with Crippen LogP contribution in [0.5, 0.6) is 0 Å². The lowest BCUT2D eigenvalue weighted by Gasteiger charge is -2.33. The lowest BCUT2D eigenvalue weighted by Crippen LogP contribution is -2.45. The summed E-state index contributed by atoms with van der Waals surface area (Å²) in [4.78, 5) is 45.4. The molecule has 3 aliphatic heterocycles. The van der Waals surface area contributed by atoms with E-state index >= 15 is 0 Å². The molecule has 4 heterocycles. The van der Waals surface area contributed by atoms with Gasteiger partial charge < -0.3 is 35.4 Å². The number of nitrogens with one attached hydrogen (secondary N) is 3. The first kappa shape index (κ1) is 25.0. The summed E-state index contributed by atoms with van der Waals surface area (Å²) in [5.41, 5.74) is 3.60. The first-order valence-corrected chi connectivity index (χ1v) is 13.1. The maximum Gasteiger partial charge on any atom is 0.323 e. The Labute approximate surface area is 226 Å². The van der Waals surface area contributed by atoms with Crippen molar-refractivity contribution in [3.63, 3.8) is 0 Å². The fraction of sp³-hybridized carbons (Fsp3) is 0.370. The number of rotatable bonds is 5. The number of ether oxygens (including phenoxy) is 1. The second kappa shape index (κ2) is 10.8. The smallest absolute Gasteiger partial charge is 0.323 e. The van der Waals surface area contributed by atoms with Gasteiger partial charge in [-0.15, -0.1) is 0 Å². The van der Waals surface area contributed by atoms with E-state index in [9.17, 15) is 9.59 Å². The molecule has 0 atom stereocenters. The minimum absolute atomic E-state index is 0.0908. The Morgan fingerprint density at radius 3 is 2.21 bits per heavy atom. The monoisotopic (exact) mass is 529 g/mol. The van der Waals surface area contributed by atoms with E-state index in [1.807, 2.05) is 24.3 Å². The largest absolute Gasteiger partial charge is 0.378 e. The number of piperazine rings is 1. The Bertz CT molecular complexity index is 1370. The highest BCUT2D eigenvalue weighted by Crippen LogP contribution is 2.25. The quantitative estimate of drug-likeness (QED) is 0.455. The topological polar surface area (TPSA) is 128 Å². The van der Waals surface area contributed by atoms with Crippen molar-refractivity contribution in [2.45, 2.75) is 6.54 Å². The number of morpholine rings is 1. The summed E-state index contributed by atoms with van der Waals surface area (Å²) >= 11 is 0. The molecule has 3 aliphatic rings.